The second-order valence-electron chi connectivity index (χ2n) is 4.52. The lowest BCUT2D eigenvalue weighted by Gasteiger charge is -2.12. The summed E-state index contributed by atoms with van der Waals surface area (Å²) in [5.41, 5.74) is 7.42. The van der Waals surface area contributed by atoms with E-state index in [1.54, 1.807) is 23.5 Å². The van der Waals surface area contributed by atoms with Crippen molar-refractivity contribution in [1.82, 2.24) is 9.38 Å². The number of aromatic nitrogens is 2. The molecule has 0 saturated heterocycles. The van der Waals surface area contributed by atoms with Crippen LogP contribution in [0.15, 0.2) is 36.0 Å². The first-order valence-corrected chi connectivity index (χ1v) is 7.05. The van der Waals surface area contributed by atoms with Crippen LogP contribution in [0.3, 0.4) is 0 Å². The van der Waals surface area contributed by atoms with E-state index < -0.39 is 6.04 Å². The van der Waals surface area contributed by atoms with Gasteiger partial charge in [-0.2, -0.15) is 0 Å². The van der Waals surface area contributed by atoms with Gasteiger partial charge in [-0.05, 0) is 6.07 Å². The molecule has 2 heterocycles. The highest BCUT2D eigenvalue weighted by molar-refractivity contribution is 7.15. The number of rotatable bonds is 4. The third-order valence-corrected chi connectivity index (χ3v) is 3.95. The minimum Gasteiger partial charge on any atom is -0.497 e. The minimum atomic E-state index is -0.425. The van der Waals surface area contributed by atoms with E-state index in [2.05, 4.69) is 4.98 Å². The topological polar surface area (TPSA) is 52.5 Å². The smallest absolute Gasteiger partial charge is 0.193 e. The molecule has 0 radical (unpaired) electrons. The highest BCUT2D eigenvalue weighted by atomic mass is 32.1. The number of ether oxygens (including phenoxy) is 1. The molecule has 0 aliphatic rings. The Labute approximate surface area is 119 Å². The fourth-order valence-electron chi connectivity index (χ4n) is 2.15. The maximum Gasteiger partial charge on any atom is 0.193 e. The van der Waals surface area contributed by atoms with E-state index in [1.807, 2.05) is 22.2 Å². The lowest BCUT2D eigenvalue weighted by atomic mass is 10.0. The Balaban J connectivity index is 1.81. The molecule has 0 aliphatic heterocycles. The van der Waals surface area contributed by atoms with Crippen molar-refractivity contribution in [2.24, 2.45) is 5.73 Å². The van der Waals surface area contributed by atoms with Crippen LogP contribution in [0.1, 0.15) is 17.3 Å². The summed E-state index contributed by atoms with van der Waals surface area (Å²) in [6, 6.07) is 4.30. The number of halogens is 1. The van der Waals surface area contributed by atoms with Crippen LogP contribution in [0.2, 0.25) is 0 Å². The lowest BCUT2D eigenvalue weighted by Crippen LogP contribution is -2.15. The number of imidazole rings is 1. The van der Waals surface area contributed by atoms with Gasteiger partial charge in [0.15, 0.2) is 4.96 Å². The van der Waals surface area contributed by atoms with Crippen LogP contribution in [-0.2, 0) is 6.42 Å². The third-order valence-electron chi connectivity index (χ3n) is 3.18. The first-order valence-electron chi connectivity index (χ1n) is 6.17. The molecule has 2 aromatic heterocycles. The molecule has 4 nitrogen and oxygen atoms in total. The molecular weight excluding hydrogens is 277 g/mol. The number of hydrogen-bond donors (Lipinski definition) is 1. The van der Waals surface area contributed by atoms with Gasteiger partial charge in [-0.15, -0.1) is 11.3 Å². The van der Waals surface area contributed by atoms with Gasteiger partial charge >= 0.3 is 0 Å². The van der Waals surface area contributed by atoms with Gasteiger partial charge in [0.05, 0.1) is 12.8 Å². The fourth-order valence-corrected chi connectivity index (χ4v) is 2.86. The molecule has 6 heteroatoms. The standard InChI is InChI=1S/C14H14FN3OS/c1-19-10-2-3-11(12(15)7-10)13(16)6-9-8-18-4-5-20-14(18)17-9/h2-5,7-8,13H,6,16H2,1H3. The molecule has 104 valence electrons. The number of thiazole rings is 1. The monoisotopic (exact) mass is 291 g/mol. The van der Waals surface area contributed by atoms with Crippen LogP contribution < -0.4 is 10.5 Å². The van der Waals surface area contributed by atoms with E-state index >= 15 is 0 Å². The Morgan fingerprint density at radius 1 is 1.50 bits per heavy atom. The van der Waals surface area contributed by atoms with Crippen molar-refractivity contribution in [3.8, 4) is 5.75 Å². The Bertz CT molecular complexity index is 708. The van der Waals surface area contributed by atoms with Gasteiger partial charge < -0.3 is 10.5 Å². The number of fused-ring (bicyclic) bond motifs is 1. The van der Waals surface area contributed by atoms with Crippen LogP contribution in [0.4, 0.5) is 4.39 Å². The van der Waals surface area contributed by atoms with Crippen molar-refractivity contribution in [1.29, 1.82) is 0 Å². The molecule has 20 heavy (non-hydrogen) atoms. The van der Waals surface area contributed by atoms with E-state index in [0.717, 1.165) is 10.7 Å². The summed E-state index contributed by atoms with van der Waals surface area (Å²) in [6.07, 6.45) is 4.36. The molecule has 2 N–H and O–H groups in total. The summed E-state index contributed by atoms with van der Waals surface area (Å²) >= 11 is 1.56. The Kier molecular flexibility index (Phi) is 3.42. The van der Waals surface area contributed by atoms with E-state index in [9.17, 15) is 4.39 Å². The van der Waals surface area contributed by atoms with Gasteiger partial charge in [0.2, 0.25) is 0 Å². The predicted molar refractivity (Wildman–Crippen MR) is 76.7 cm³/mol. The number of methoxy groups -OCH3 is 1. The summed E-state index contributed by atoms with van der Waals surface area (Å²) in [4.78, 5) is 5.37. The maximum absolute atomic E-state index is 14.0. The Hall–Kier alpha value is -1.92. The van der Waals surface area contributed by atoms with Crippen molar-refractivity contribution in [2.75, 3.05) is 7.11 Å². The number of nitrogens with zero attached hydrogens (tertiary/aromatic N) is 2. The summed E-state index contributed by atoms with van der Waals surface area (Å²) in [6.45, 7) is 0. The lowest BCUT2D eigenvalue weighted by molar-refractivity contribution is 0.410. The largest absolute Gasteiger partial charge is 0.497 e. The Morgan fingerprint density at radius 3 is 3.05 bits per heavy atom. The molecule has 0 bridgehead atoms. The zero-order valence-corrected chi connectivity index (χ0v) is 11.7. The summed E-state index contributed by atoms with van der Waals surface area (Å²) in [7, 11) is 1.51. The van der Waals surface area contributed by atoms with Gasteiger partial charge in [-0.1, -0.05) is 6.07 Å². The van der Waals surface area contributed by atoms with E-state index in [-0.39, 0.29) is 5.82 Å². The normalized spacial score (nSPS) is 12.8. The zero-order chi connectivity index (χ0) is 14.1. The molecule has 3 aromatic rings. The summed E-state index contributed by atoms with van der Waals surface area (Å²) < 4.78 is 20.9. The van der Waals surface area contributed by atoms with E-state index in [0.29, 0.717) is 17.7 Å². The number of benzene rings is 1. The first-order chi connectivity index (χ1) is 9.67. The molecule has 0 amide bonds. The maximum atomic E-state index is 14.0. The molecule has 1 aromatic carbocycles. The second-order valence-corrected chi connectivity index (χ2v) is 5.40. The van der Waals surface area contributed by atoms with Crippen LogP contribution in [-0.4, -0.2) is 16.5 Å². The fraction of sp³-hybridized carbons (Fsp3) is 0.214. The highest BCUT2D eigenvalue weighted by Crippen LogP contribution is 2.23. The van der Waals surface area contributed by atoms with Crippen molar-refractivity contribution >= 4 is 16.3 Å². The van der Waals surface area contributed by atoms with Crippen LogP contribution >= 0.6 is 11.3 Å². The van der Waals surface area contributed by atoms with Gasteiger partial charge in [-0.25, -0.2) is 9.37 Å². The predicted octanol–water partition coefficient (Wildman–Crippen LogP) is 2.79. The molecular formula is C14H14FN3OS. The molecule has 0 saturated carbocycles. The van der Waals surface area contributed by atoms with Crippen LogP contribution in [0.25, 0.3) is 4.96 Å². The molecule has 3 rings (SSSR count). The van der Waals surface area contributed by atoms with Crippen molar-refractivity contribution in [3.05, 3.63) is 53.0 Å². The number of nitrogens with two attached hydrogens (primary N) is 1. The van der Waals surface area contributed by atoms with Crippen molar-refractivity contribution in [2.45, 2.75) is 12.5 Å². The van der Waals surface area contributed by atoms with Gasteiger partial charge in [-0.3, -0.25) is 4.40 Å². The van der Waals surface area contributed by atoms with E-state index in [1.165, 1.54) is 13.2 Å². The number of hydrogen-bond acceptors (Lipinski definition) is 4. The average Bonchev–Trinajstić information content (AvgIpc) is 2.99. The second kappa shape index (κ2) is 5.22. The molecule has 1 atom stereocenters. The van der Waals surface area contributed by atoms with Crippen molar-refractivity contribution in [3.63, 3.8) is 0 Å². The van der Waals surface area contributed by atoms with Crippen LogP contribution in [0, 0.1) is 5.82 Å². The quantitative estimate of drug-likeness (QED) is 0.804. The van der Waals surface area contributed by atoms with Gasteiger partial charge in [0.1, 0.15) is 11.6 Å². The summed E-state index contributed by atoms with van der Waals surface area (Å²) in [5.74, 6) is 0.138. The average molecular weight is 291 g/mol. The van der Waals surface area contributed by atoms with Gasteiger partial charge in [0.25, 0.3) is 0 Å². The zero-order valence-electron chi connectivity index (χ0n) is 10.9. The van der Waals surface area contributed by atoms with Crippen molar-refractivity contribution < 1.29 is 9.13 Å². The minimum absolute atomic E-state index is 0.349. The molecule has 1 unspecified atom stereocenters. The van der Waals surface area contributed by atoms with E-state index in [4.69, 9.17) is 10.5 Å². The van der Waals surface area contributed by atoms with Gasteiger partial charge in [0, 0.05) is 41.9 Å². The Morgan fingerprint density at radius 2 is 2.35 bits per heavy atom. The first kappa shape index (κ1) is 13.1. The summed E-state index contributed by atoms with van der Waals surface area (Å²) in [5, 5.41) is 1.97. The molecule has 0 fully saturated rings. The molecule has 0 spiro atoms. The molecule has 0 aliphatic carbocycles. The highest BCUT2D eigenvalue weighted by Gasteiger charge is 2.15. The van der Waals surface area contributed by atoms with Crippen LogP contribution in [0.5, 0.6) is 5.75 Å². The third kappa shape index (κ3) is 2.39. The SMILES string of the molecule is COc1ccc(C(N)Cc2cn3ccsc3n2)c(F)c1.